The highest BCUT2D eigenvalue weighted by molar-refractivity contribution is 5.83. The van der Waals surface area contributed by atoms with E-state index in [-0.39, 0.29) is 22.3 Å². The molecular formula is C23H38O2. The number of aliphatic hydroxyl groups is 1. The fraction of sp³-hybridized carbons (Fsp3) is 0.957. The van der Waals surface area contributed by atoms with Gasteiger partial charge in [0.15, 0.2) is 0 Å². The van der Waals surface area contributed by atoms with Crippen LogP contribution >= 0.6 is 0 Å². The molecule has 2 heteroatoms. The molecule has 0 radical (unpaired) electrons. The smallest absolute Gasteiger partial charge is 0.136 e. The van der Waals surface area contributed by atoms with Crippen molar-refractivity contribution in [3.8, 4) is 0 Å². The van der Waals surface area contributed by atoms with E-state index in [1.165, 1.54) is 25.7 Å². The molecule has 142 valence electrons. The lowest BCUT2D eigenvalue weighted by molar-refractivity contribution is -0.227. The zero-order valence-electron chi connectivity index (χ0n) is 17.0. The third-order valence-electron chi connectivity index (χ3n) is 10.4. The van der Waals surface area contributed by atoms with Gasteiger partial charge in [0.1, 0.15) is 5.78 Å². The van der Waals surface area contributed by atoms with Crippen LogP contribution in [0.3, 0.4) is 0 Å². The van der Waals surface area contributed by atoms with E-state index in [1.54, 1.807) is 0 Å². The van der Waals surface area contributed by atoms with Gasteiger partial charge in [0.25, 0.3) is 0 Å². The standard InChI is InChI=1S/C23H38O2/c1-20(2)17-10-14-23(5)18(21(17,3)13-11-19(20)25)9-8-15-16(24)7-6-12-22(15,23)4/h15,17-19,25H,6-14H2,1-5H3/t15-,17+,18-,19+,21+,22-,23-/m1/s1. The molecule has 2 nitrogen and oxygen atoms in total. The van der Waals surface area contributed by atoms with Crippen molar-refractivity contribution in [2.45, 2.75) is 98.5 Å². The summed E-state index contributed by atoms with van der Waals surface area (Å²) in [4.78, 5) is 12.7. The first kappa shape index (κ1) is 18.0. The van der Waals surface area contributed by atoms with Crippen LogP contribution in [0.1, 0.15) is 92.4 Å². The number of carbonyl (C=O) groups is 1. The Morgan fingerprint density at radius 2 is 1.56 bits per heavy atom. The molecule has 25 heavy (non-hydrogen) atoms. The minimum atomic E-state index is -0.155. The molecular weight excluding hydrogens is 308 g/mol. The van der Waals surface area contributed by atoms with Gasteiger partial charge in [-0.05, 0) is 84.9 Å². The third kappa shape index (κ3) is 2.10. The summed E-state index contributed by atoms with van der Waals surface area (Å²) in [6.45, 7) is 12.2. The molecule has 0 spiro atoms. The van der Waals surface area contributed by atoms with Crippen molar-refractivity contribution in [3.05, 3.63) is 0 Å². The first-order chi connectivity index (χ1) is 11.6. The molecule has 4 fully saturated rings. The van der Waals surface area contributed by atoms with Crippen LogP contribution in [0.15, 0.2) is 0 Å². The maximum atomic E-state index is 12.7. The summed E-state index contributed by atoms with van der Waals surface area (Å²) in [5.74, 6) is 2.18. The van der Waals surface area contributed by atoms with Gasteiger partial charge in [-0.1, -0.05) is 34.6 Å². The highest BCUT2D eigenvalue weighted by Gasteiger charge is 2.67. The first-order valence-electron chi connectivity index (χ1n) is 10.8. The molecule has 1 N–H and O–H groups in total. The van der Waals surface area contributed by atoms with Crippen LogP contribution in [0.25, 0.3) is 0 Å². The minimum Gasteiger partial charge on any atom is -0.393 e. The Morgan fingerprint density at radius 3 is 2.28 bits per heavy atom. The molecule has 7 atom stereocenters. The predicted molar refractivity (Wildman–Crippen MR) is 101 cm³/mol. The Labute approximate surface area is 154 Å². The quantitative estimate of drug-likeness (QED) is 0.640. The number of aliphatic hydroxyl groups excluding tert-OH is 1. The number of fused-ring (bicyclic) bond motifs is 5. The van der Waals surface area contributed by atoms with Gasteiger partial charge in [0.2, 0.25) is 0 Å². The normalized spacial score (nSPS) is 55.0. The number of rotatable bonds is 0. The fourth-order valence-corrected chi connectivity index (χ4v) is 8.70. The van der Waals surface area contributed by atoms with E-state index in [1.807, 2.05) is 0 Å². The summed E-state index contributed by atoms with van der Waals surface area (Å²) in [6.07, 6.45) is 9.92. The highest BCUT2D eigenvalue weighted by Crippen LogP contribution is 2.73. The maximum Gasteiger partial charge on any atom is 0.136 e. The van der Waals surface area contributed by atoms with Gasteiger partial charge in [0, 0.05) is 12.3 Å². The Morgan fingerprint density at radius 1 is 0.840 bits per heavy atom. The lowest BCUT2D eigenvalue weighted by atomic mass is 9.34. The average molecular weight is 347 g/mol. The van der Waals surface area contributed by atoms with Crippen LogP contribution in [-0.4, -0.2) is 17.0 Å². The van der Waals surface area contributed by atoms with Crippen molar-refractivity contribution in [3.63, 3.8) is 0 Å². The van der Waals surface area contributed by atoms with Gasteiger partial charge in [-0.3, -0.25) is 4.79 Å². The molecule has 4 saturated carbocycles. The largest absolute Gasteiger partial charge is 0.393 e. The van der Waals surface area contributed by atoms with Crippen molar-refractivity contribution in [1.82, 2.24) is 0 Å². The first-order valence-corrected chi connectivity index (χ1v) is 10.8. The fourth-order valence-electron chi connectivity index (χ4n) is 8.70. The topological polar surface area (TPSA) is 37.3 Å². The van der Waals surface area contributed by atoms with E-state index in [2.05, 4.69) is 34.6 Å². The van der Waals surface area contributed by atoms with Gasteiger partial charge in [-0.15, -0.1) is 0 Å². The molecule has 4 aliphatic rings. The maximum absolute atomic E-state index is 12.7. The molecule has 0 aliphatic heterocycles. The van der Waals surface area contributed by atoms with Crippen molar-refractivity contribution in [1.29, 1.82) is 0 Å². The monoisotopic (exact) mass is 346 g/mol. The summed E-state index contributed by atoms with van der Waals surface area (Å²) in [6, 6.07) is 0. The molecule has 4 rings (SSSR count). The number of ketones is 1. The molecule has 4 aliphatic carbocycles. The van der Waals surface area contributed by atoms with E-state index in [0.29, 0.717) is 29.0 Å². The molecule has 0 aromatic heterocycles. The molecule has 0 amide bonds. The number of carbonyl (C=O) groups excluding carboxylic acids is 1. The summed E-state index contributed by atoms with van der Waals surface area (Å²) >= 11 is 0. The second-order valence-electron chi connectivity index (χ2n) is 11.3. The van der Waals surface area contributed by atoms with Crippen LogP contribution < -0.4 is 0 Å². The molecule has 0 aromatic rings. The SMILES string of the molecule is CC1(C)[C@@H](O)CC[C@]2(C)[C@H]3CC[C@@H]4C(=O)CCC[C@@]4(C)[C@]3(C)CC[C@@H]12. The summed E-state index contributed by atoms with van der Waals surface area (Å²) in [7, 11) is 0. The molecule has 0 saturated heterocycles. The van der Waals surface area contributed by atoms with E-state index < -0.39 is 0 Å². The third-order valence-corrected chi connectivity index (χ3v) is 10.4. The van der Waals surface area contributed by atoms with E-state index in [0.717, 1.165) is 32.1 Å². The van der Waals surface area contributed by atoms with Crippen LogP contribution in [0.4, 0.5) is 0 Å². The van der Waals surface area contributed by atoms with Crippen molar-refractivity contribution < 1.29 is 9.90 Å². The summed E-state index contributed by atoms with van der Waals surface area (Å²) in [5, 5.41) is 10.7. The minimum absolute atomic E-state index is 0.0223. The van der Waals surface area contributed by atoms with Crippen LogP contribution in [-0.2, 0) is 4.79 Å². The predicted octanol–water partition coefficient (Wildman–Crippen LogP) is 5.38. The summed E-state index contributed by atoms with van der Waals surface area (Å²) in [5.41, 5.74) is 0.827. The van der Waals surface area contributed by atoms with Crippen LogP contribution in [0.5, 0.6) is 0 Å². The second-order valence-corrected chi connectivity index (χ2v) is 11.3. The Kier molecular flexibility index (Phi) is 3.84. The van der Waals surface area contributed by atoms with Crippen LogP contribution in [0.2, 0.25) is 0 Å². The van der Waals surface area contributed by atoms with Gasteiger partial charge in [0.05, 0.1) is 6.10 Å². The van der Waals surface area contributed by atoms with Gasteiger partial charge in [-0.2, -0.15) is 0 Å². The Bertz CT molecular complexity index is 581. The van der Waals surface area contributed by atoms with Gasteiger partial charge < -0.3 is 5.11 Å². The zero-order chi connectivity index (χ0) is 18.3. The van der Waals surface area contributed by atoms with Crippen LogP contribution in [0, 0.1) is 39.4 Å². The zero-order valence-corrected chi connectivity index (χ0v) is 17.0. The average Bonchev–Trinajstić information content (AvgIpc) is 2.52. The lowest BCUT2D eigenvalue weighted by Crippen LogP contribution is -2.65. The van der Waals surface area contributed by atoms with E-state index >= 15 is 0 Å². The van der Waals surface area contributed by atoms with Gasteiger partial charge in [-0.25, -0.2) is 0 Å². The summed E-state index contributed by atoms with van der Waals surface area (Å²) < 4.78 is 0. The molecule has 0 aromatic carbocycles. The van der Waals surface area contributed by atoms with E-state index in [9.17, 15) is 9.90 Å². The van der Waals surface area contributed by atoms with Crippen molar-refractivity contribution in [2.75, 3.05) is 0 Å². The van der Waals surface area contributed by atoms with Crippen molar-refractivity contribution >= 4 is 5.78 Å². The Balaban J connectivity index is 1.76. The second kappa shape index (κ2) is 5.33. The molecule has 0 unspecified atom stereocenters. The Hall–Kier alpha value is -0.370. The van der Waals surface area contributed by atoms with Gasteiger partial charge >= 0.3 is 0 Å². The lowest BCUT2D eigenvalue weighted by Gasteiger charge is -2.70. The van der Waals surface area contributed by atoms with E-state index in [4.69, 9.17) is 0 Å². The highest BCUT2D eigenvalue weighted by atomic mass is 16.3. The number of hydrogen-bond acceptors (Lipinski definition) is 2. The number of hydrogen-bond donors (Lipinski definition) is 1. The molecule has 0 heterocycles. The van der Waals surface area contributed by atoms with Crippen molar-refractivity contribution in [2.24, 2.45) is 39.4 Å². The molecule has 0 bridgehead atoms. The number of Topliss-reactive ketones (excluding diaryl/α,β-unsaturated/α-hetero) is 1.